The molecule has 1 aromatic carbocycles. The molecule has 0 aliphatic heterocycles. The van der Waals surface area contributed by atoms with E-state index in [4.69, 9.17) is 5.73 Å². The zero-order valence-electron chi connectivity index (χ0n) is 13.3. The van der Waals surface area contributed by atoms with E-state index in [-0.39, 0.29) is 12.0 Å². The van der Waals surface area contributed by atoms with E-state index in [1.54, 1.807) is 24.3 Å². The van der Waals surface area contributed by atoms with Crippen molar-refractivity contribution < 1.29 is 14.7 Å². The number of nitrogens with two attached hydrogens (primary N) is 1. The van der Waals surface area contributed by atoms with E-state index >= 15 is 0 Å². The number of rotatable bonds is 7. The minimum atomic E-state index is -0.489. The summed E-state index contributed by atoms with van der Waals surface area (Å²) in [5, 5.41) is 15.9. The Bertz CT molecular complexity index is 530. The van der Waals surface area contributed by atoms with E-state index in [1.807, 2.05) is 0 Å². The van der Waals surface area contributed by atoms with Gasteiger partial charge < -0.3 is 21.5 Å². The molecule has 0 saturated heterocycles. The summed E-state index contributed by atoms with van der Waals surface area (Å²) in [6.07, 6.45) is 4.36. The predicted octanol–water partition coefficient (Wildman–Crippen LogP) is 1.25. The minimum absolute atomic E-state index is 0.0893. The van der Waals surface area contributed by atoms with E-state index in [9.17, 15) is 14.7 Å². The van der Waals surface area contributed by atoms with Crippen LogP contribution in [0.3, 0.4) is 0 Å². The molecular weight excluding hydrogens is 294 g/mol. The first-order valence-electron chi connectivity index (χ1n) is 8.15. The number of carbonyl (C=O) groups is 2. The van der Waals surface area contributed by atoms with Crippen LogP contribution < -0.4 is 16.4 Å². The summed E-state index contributed by atoms with van der Waals surface area (Å²) in [5.41, 5.74) is 6.22. The summed E-state index contributed by atoms with van der Waals surface area (Å²) in [7, 11) is 0. The third-order valence-corrected chi connectivity index (χ3v) is 4.26. The molecule has 23 heavy (non-hydrogen) atoms. The van der Waals surface area contributed by atoms with Crippen molar-refractivity contribution in [2.75, 3.05) is 18.4 Å². The number of hydrogen-bond donors (Lipinski definition) is 4. The molecule has 0 radical (unpaired) electrons. The zero-order valence-corrected chi connectivity index (χ0v) is 13.3. The Labute approximate surface area is 136 Å². The van der Waals surface area contributed by atoms with Gasteiger partial charge in [0, 0.05) is 30.8 Å². The maximum Gasteiger partial charge on any atom is 0.248 e. The summed E-state index contributed by atoms with van der Waals surface area (Å²) in [4.78, 5) is 22.8. The summed E-state index contributed by atoms with van der Waals surface area (Å²) in [5.74, 6) is -0.279. The van der Waals surface area contributed by atoms with Crippen LogP contribution in [0.2, 0.25) is 0 Å². The van der Waals surface area contributed by atoms with Crippen LogP contribution in [0.25, 0.3) is 0 Å². The minimum Gasteiger partial charge on any atom is -0.393 e. The lowest BCUT2D eigenvalue weighted by molar-refractivity contribution is -0.116. The van der Waals surface area contributed by atoms with Crippen LogP contribution >= 0.6 is 0 Å². The fraction of sp³-hybridized carbons (Fsp3) is 0.529. The largest absolute Gasteiger partial charge is 0.393 e. The van der Waals surface area contributed by atoms with Crippen molar-refractivity contribution in [2.45, 2.75) is 38.2 Å². The van der Waals surface area contributed by atoms with Crippen LogP contribution in [-0.4, -0.2) is 36.1 Å². The Morgan fingerprint density at radius 2 is 1.87 bits per heavy atom. The fourth-order valence-corrected chi connectivity index (χ4v) is 2.86. The number of hydrogen-bond acceptors (Lipinski definition) is 4. The molecule has 2 rings (SSSR count). The van der Waals surface area contributed by atoms with Crippen molar-refractivity contribution in [3.05, 3.63) is 29.8 Å². The van der Waals surface area contributed by atoms with Gasteiger partial charge in [-0.2, -0.15) is 0 Å². The number of carbonyl (C=O) groups excluding carboxylic acids is 2. The Balaban J connectivity index is 1.65. The van der Waals surface area contributed by atoms with Gasteiger partial charge in [0.2, 0.25) is 11.8 Å². The van der Waals surface area contributed by atoms with Gasteiger partial charge >= 0.3 is 0 Å². The second kappa shape index (κ2) is 8.64. The highest BCUT2D eigenvalue weighted by Crippen LogP contribution is 2.23. The first-order valence-corrected chi connectivity index (χ1v) is 8.15. The highest BCUT2D eigenvalue weighted by Gasteiger charge is 2.22. The molecule has 2 atom stereocenters. The third-order valence-electron chi connectivity index (χ3n) is 4.26. The number of amides is 2. The molecule has 126 valence electrons. The molecule has 1 aliphatic rings. The van der Waals surface area contributed by atoms with Gasteiger partial charge in [0.1, 0.15) is 0 Å². The van der Waals surface area contributed by atoms with E-state index in [2.05, 4.69) is 10.6 Å². The van der Waals surface area contributed by atoms with Crippen LogP contribution in [0.5, 0.6) is 0 Å². The van der Waals surface area contributed by atoms with Crippen molar-refractivity contribution in [3.8, 4) is 0 Å². The molecule has 1 aliphatic carbocycles. The SMILES string of the molecule is NC(=O)c1ccc(NC(=O)CCNC[C@H]2CCCC[C@H]2O)cc1. The van der Waals surface area contributed by atoms with Crippen molar-refractivity contribution in [1.82, 2.24) is 5.32 Å². The number of primary amides is 1. The van der Waals surface area contributed by atoms with Crippen molar-refractivity contribution in [2.24, 2.45) is 11.7 Å². The Morgan fingerprint density at radius 1 is 1.17 bits per heavy atom. The second-order valence-corrected chi connectivity index (χ2v) is 6.06. The first-order chi connectivity index (χ1) is 11.1. The van der Waals surface area contributed by atoms with E-state index in [0.29, 0.717) is 30.1 Å². The highest BCUT2D eigenvalue weighted by atomic mass is 16.3. The molecule has 0 spiro atoms. The van der Waals surface area contributed by atoms with Crippen molar-refractivity contribution in [3.63, 3.8) is 0 Å². The van der Waals surface area contributed by atoms with E-state index < -0.39 is 5.91 Å². The summed E-state index contributed by atoms with van der Waals surface area (Å²) in [6, 6.07) is 6.48. The molecule has 0 aromatic heterocycles. The van der Waals surface area contributed by atoms with Crippen LogP contribution in [0.4, 0.5) is 5.69 Å². The van der Waals surface area contributed by atoms with E-state index in [1.165, 1.54) is 6.42 Å². The molecule has 1 aromatic rings. The Hall–Kier alpha value is -1.92. The smallest absolute Gasteiger partial charge is 0.248 e. The zero-order chi connectivity index (χ0) is 16.7. The Kier molecular flexibility index (Phi) is 6.55. The number of nitrogens with one attached hydrogen (secondary N) is 2. The average molecular weight is 319 g/mol. The molecule has 0 unspecified atom stereocenters. The lowest BCUT2D eigenvalue weighted by Gasteiger charge is -2.27. The lowest BCUT2D eigenvalue weighted by Crippen LogP contribution is -2.35. The van der Waals surface area contributed by atoms with Gasteiger partial charge in [-0.25, -0.2) is 0 Å². The third kappa shape index (κ3) is 5.65. The van der Waals surface area contributed by atoms with Gasteiger partial charge in [0.05, 0.1) is 6.10 Å². The van der Waals surface area contributed by atoms with Crippen LogP contribution in [0.1, 0.15) is 42.5 Å². The quantitative estimate of drug-likeness (QED) is 0.568. The van der Waals surface area contributed by atoms with Crippen molar-refractivity contribution in [1.29, 1.82) is 0 Å². The summed E-state index contributed by atoms with van der Waals surface area (Å²) in [6.45, 7) is 1.33. The summed E-state index contributed by atoms with van der Waals surface area (Å²) < 4.78 is 0. The molecule has 0 heterocycles. The highest BCUT2D eigenvalue weighted by molar-refractivity contribution is 5.94. The first kappa shape index (κ1) is 17.4. The van der Waals surface area contributed by atoms with Gasteiger partial charge in [-0.1, -0.05) is 12.8 Å². The number of aliphatic hydroxyl groups excluding tert-OH is 1. The molecule has 2 amide bonds. The molecule has 1 saturated carbocycles. The molecule has 5 N–H and O–H groups in total. The maximum atomic E-state index is 11.9. The molecule has 1 fully saturated rings. The topological polar surface area (TPSA) is 104 Å². The van der Waals surface area contributed by atoms with Gasteiger partial charge in [-0.3, -0.25) is 9.59 Å². The van der Waals surface area contributed by atoms with Gasteiger partial charge in [0.25, 0.3) is 0 Å². The monoisotopic (exact) mass is 319 g/mol. The normalized spacial score (nSPS) is 20.9. The fourth-order valence-electron chi connectivity index (χ4n) is 2.86. The predicted molar refractivity (Wildman–Crippen MR) is 89.0 cm³/mol. The van der Waals surface area contributed by atoms with E-state index in [0.717, 1.165) is 25.8 Å². The second-order valence-electron chi connectivity index (χ2n) is 6.06. The maximum absolute atomic E-state index is 11.9. The number of benzene rings is 1. The average Bonchev–Trinajstić information content (AvgIpc) is 2.53. The summed E-state index contributed by atoms with van der Waals surface area (Å²) >= 11 is 0. The molecule has 6 nitrogen and oxygen atoms in total. The van der Waals surface area contributed by atoms with Crippen molar-refractivity contribution >= 4 is 17.5 Å². The number of anilines is 1. The lowest BCUT2D eigenvalue weighted by atomic mass is 9.86. The Morgan fingerprint density at radius 3 is 2.52 bits per heavy atom. The van der Waals surface area contributed by atoms with Gasteiger partial charge in [-0.15, -0.1) is 0 Å². The molecule has 6 heteroatoms. The molecule has 0 bridgehead atoms. The van der Waals surface area contributed by atoms with Crippen LogP contribution in [-0.2, 0) is 4.79 Å². The standard InChI is InChI=1S/C17H25N3O3/c18-17(23)12-5-7-14(8-6-12)20-16(22)9-10-19-11-13-3-1-2-4-15(13)21/h5-8,13,15,19,21H,1-4,9-11H2,(H2,18,23)(H,20,22)/t13-,15-/m1/s1. The van der Waals surface area contributed by atoms with Gasteiger partial charge in [0.15, 0.2) is 0 Å². The van der Waals surface area contributed by atoms with Gasteiger partial charge in [-0.05, 0) is 43.0 Å². The van der Waals surface area contributed by atoms with Crippen LogP contribution in [0, 0.1) is 5.92 Å². The van der Waals surface area contributed by atoms with Crippen LogP contribution in [0.15, 0.2) is 24.3 Å². The number of aliphatic hydroxyl groups is 1. The molecular formula is C17H25N3O3.